The molecule has 0 radical (unpaired) electrons. The van der Waals surface area contributed by atoms with E-state index in [0.29, 0.717) is 27.8 Å². The second-order valence-corrected chi connectivity index (χ2v) is 4.75. The molecule has 0 saturated heterocycles. The predicted molar refractivity (Wildman–Crippen MR) is 77.3 cm³/mol. The van der Waals surface area contributed by atoms with Crippen molar-refractivity contribution in [3.8, 4) is 0 Å². The molecule has 0 fully saturated rings. The van der Waals surface area contributed by atoms with Gasteiger partial charge in [0, 0.05) is 35.7 Å². The van der Waals surface area contributed by atoms with Crippen molar-refractivity contribution in [2.75, 3.05) is 6.61 Å². The summed E-state index contributed by atoms with van der Waals surface area (Å²) in [5.74, 6) is 0. The highest BCUT2D eigenvalue weighted by molar-refractivity contribution is 5.81. The number of aryl methyl sites for hydroxylation is 1. The number of H-pyrrole nitrogens is 1. The van der Waals surface area contributed by atoms with Crippen molar-refractivity contribution >= 4 is 16.6 Å². The summed E-state index contributed by atoms with van der Waals surface area (Å²) < 4.78 is 1.49. The van der Waals surface area contributed by atoms with Crippen molar-refractivity contribution in [2.24, 2.45) is 0 Å². The van der Waals surface area contributed by atoms with Gasteiger partial charge in [-0.25, -0.2) is 0 Å². The van der Waals surface area contributed by atoms with Gasteiger partial charge >= 0.3 is 0 Å². The monoisotopic (exact) mass is 270 g/mol. The van der Waals surface area contributed by atoms with Gasteiger partial charge in [0.25, 0.3) is 5.56 Å². The van der Waals surface area contributed by atoms with Crippen molar-refractivity contribution in [1.29, 1.82) is 0 Å². The lowest BCUT2D eigenvalue weighted by Gasteiger charge is -2.10. The summed E-state index contributed by atoms with van der Waals surface area (Å²) in [5.41, 5.74) is 1.95. The Bertz CT molecular complexity index is 922. The Hall–Kier alpha value is -2.40. The van der Waals surface area contributed by atoms with Gasteiger partial charge in [-0.3, -0.25) is 14.0 Å². The Kier molecular flexibility index (Phi) is 2.91. The van der Waals surface area contributed by atoms with Gasteiger partial charge in [-0.05, 0) is 19.1 Å². The Labute approximate surface area is 114 Å². The maximum Gasteiger partial charge on any atom is 0.261 e. The first-order chi connectivity index (χ1) is 9.63. The highest BCUT2D eigenvalue weighted by Gasteiger charge is 2.11. The van der Waals surface area contributed by atoms with Crippen LogP contribution in [0.25, 0.3) is 16.6 Å². The number of aromatic amines is 1. The molecule has 0 spiro atoms. The van der Waals surface area contributed by atoms with E-state index in [1.165, 1.54) is 10.5 Å². The van der Waals surface area contributed by atoms with Crippen LogP contribution in [-0.2, 0) is 6.42 Å². The van der Waals surface area contributed by atoms with E-state index in [1.54, 1.807) is 31.2 Å². The number of nitrogens with zero attached hydrogens (tertiary/aromatic N) is 1. The average molecular weight is 270 g/mol. The largest absolute Gasteiger partial charge is 0.396 e. The number of aliphatic hydroxyl groups is 1. The third kappa shape index (κ3) is 1.75. The summed E-state index contributed by atoms with van der Waals surface area (Å²) in [4.78, 5) is 27.7. The Morgan fingerprint density at radius 2 is 2.00 bits per heavy atom. The van der Waals surface area contributed by atoms with Crippen LogP contribution >= 0.6 is 0 Å². The molecule has 5 nitrogen and oxygen atoms in total. The second-order valence-electron chi connectivity index (χ2n) is 4.75. The molecule has 5 heteroatoms. The normalized spacial score (nSPS) is 11.3. The number of pyridine rings is 1. The van der Waals surface area contributed by atoms with E-state index in [2.05, 4.69) is 4.98 Å². The number of nitrogens with one attached hydrogen (secondary N) is 1. The lowest BCUT2D eigenvalue weighted by atomic mass is 10.1. The number of aromatic nitrogens is 2. The van der Waals surface area contributed by atoms with Crippen LogP contribution in [0, 0.1) is 6.92 Å². The molecule has 20 heavy (non-hydrogen) atoms. The summed E-state index contributed by atoms with van der Waals surface area (Å²) in [6.07, 6.45) is 0.289. The van der Waals surface area contributed by atoms with Gasteiger partial charge in [0.15, 0.2) is 5.43 Å². The summed E-state index contributed by atoms with van der Waals surface area (Å²) in [6, 6.07) is 8.44. The van der Waals surface area contributed by atoms with E-state index >= 15 is 0 Å². The van der Waals surface area contributed by atoms with Gasteiger partial charge in [0.2, 0.25) is 0 Å². The van der Waals surface area contributed by atoms with Gasteiger partial charge in [0.1, 0.15) is 5.65 Å². The molecule has 2 heterocycles. The van der Waals surface area contributed by atoms with Gasteiger partial charge in [-0.1, -0.05) is 12.1 Å². The van der Waals surface area contributed by atoms with Crippen LogP contribution in [0.1, 0.15) is 11.3 Å². The van der Waals surface area contributed by atoms with Crippen LogP contribution in [0.3, 0.4) is 0 Å². The zero-order valence-electron chi connectivity index (χ0n) is 11.0. The fraction of sp³-hybridized carbons (Fsp3) is 0.200. The molecule has 3 rings (SSSR count). The third-order valence-corrected chi connectivity index (χ3v) is 3.51. The molecule has 0 saturated carbocycles. The maximum absolute atomic E-state index is 12.6. The summed E-state index contributed by atoms with van der Waals surface area (Å²) in [6.45, 7) is 1.68. The molecule has 0 aliphatic heterocycles. The van der Waals surface area contributed by atoms with Gasteiger partial charge in [0.05, 0.1) is 5.52 Å². The predicted octanol–water partition coefficient (Wildman–Crippen LogP) is 0.984. The van der Waals surface area contributed by atoms with Gasteiger partial charge < -0.3 is 10.1 Å². The van der Waals surface area contributed by atoms with Crippen molar-refractivity contribution < 1.29 is 5.11 Å². The molecule has 2 aromatic heterocycles. The number of fused-ring (bicyclic) bond motifs is 3. The first-order valence-corrected chi connectivity index (χ1v) is 6.40. The molecule has 0 aliphatic rings. The van der Waals surface area contributed by atoms with Crippen molar-refractivity contribution in [1.82, 2.24) is 9.38 Å². The minimum Gasteiger partial charge on any atom is -0.396 e. The van der Waals surface area contributed by atoms with E-state index < -0.39 is 0 Å². The minimum absolute atomic E-state index is 0.0897. The average Bonchev–Trinajstić information content (AvgIpc) is 2.43. The molecule has 0 bridgehead atoms. The van der Waals surface area contributed by atoms with Crippen LogP contribution in [0.2, 0.25) is 0 Å². The second kappa shape index (κ2) is 4.61. The maximum atomic E-state index is 12.6. The quantitative estimate of drug-likeness (QED) is 0.682. The van der Waals surface area contributed by atoms with Crippen LogP contribution in [0.15, 0.2) is 39.9 Å². The Morgan fingerprint density at radius 3 is 2.75 bits per heavy atom. The fourth-order valence-corrected chi connectivity index (χ4v) is 2.55. The van der Waals surface area contributed by atoms with Crippen molar-refractivity contribution in [2.45, 2.75) is 13.3 Å². The SMILES string of the molecule is Cc1[nH]c2cc(=O)c3ccccc3n2c(=O)c1CCO. The zero-order chi connectivity index (χ0) is 14.3. The molecule has 2 N–H and O–H groups in total. The molecule has 3 aromatic rings. The summed E-state index contributed by atoms with van der Waals surface area (Å²) in [7, 11) is 0. The molecular weight excluding hydrogens is 256 g/mol. The fourth-order valence-electron chi connectivity index (χ4n) is 2.55. The number of benzene rings is 1. The number of rotatable bonds is 2. The molecule has 0 amide bonds. The molecular formula is C15H14N2O3. The van der Waals surface area contributed by atoms with Crippen molar-refractivity contribution in [3.05, 3.63) is 62.2 Å². The van der Waals surface area contributed by atoms with Crippen molar-refractivity contribution in [3.63, 3.8) is 0 Å². The lowest BCUT2D eigenvalue weighted by molar-refractivity contribution is 0.298. The first kappa shape index (κ1) is 12.6. The molecule has 0 aliphatic carbocycles. The summed E-state index contributed by atoms with van der Waals surface area (Å²) >= 11 is 0. The van der Waals surface area contributed by atoms with Gasteiger partial charge in [-0.15, -0.1) is 0 Å². The molecule has 0 unspecified atom stereocenters. The molecule has 1 aromatic carbocycles. The molecule has 0 atom stereocenters. The topological polar surface area (TPSA) is 74.6 Å². The minimum atomic E-state index is -0.193. The van der Waals surface area contributed by atoms with Gasteiger partial charge in [-0.2, -0.15) is 0 Å². The van der Waals surface area contributed by atoms with E-state index in [1.807, 2.05) is 0 Å². The Morgan fingerprint density at radius 1 is 1.25 bits per heavy atom. The van der Waals surface area contributed by atoms with Crippen LogP contribution in [0.4, 0.5) is 0 Å². The number of hydrogen-bond donors (Lipinski definition) is 2. The summed E-state index contributed by atoms with van der Waals surface area (Å²) in [5, 5.41) is 9.59. The van der Waals surface area contributed by atoms with E-state index in [-0.39, 0.29) is 24.0 Å². The number of hydrogen-bond acceptors (Lipinski definition) is 3. The van der Waals surface area contributed by atoms with Crippen LogP contribution < -0.4 is 11.0 Å². The highest BCUT2D eigenvalue weighted by atomic mass is 16.3. The highest BCUT2D eigenvalue weighted by Crippen LogP contribution is 2.12. The third-order valence-electron chi connectivity index (χ3n) is 3.51. The van der Waals surface area contributed by atoms with E-state index in [0.717, 1.165) is 0 Å². The van der Waals surface area contributed by atoms with E-state index in [9.17, 15) is 9.59 Å². The molecule has 102 valence electrons. The first-order valence-electron chi connectivity index (χ1n) is 6.40. The standard InChI is InChI=1S/C15H14N2O3/c1-9-10(6-7-18)15(20)17-12-5-3-2-4-11(12)13(19)8-14(17)16-9/h2-5,8,16,18H,6-7H2,1H3. The number of aliphatic hydroxyl groups excluding tert-OH is 1. The Balaban J connectivity index is 2.58. The van der Waals surface area contributed by atoms with E-state index in [4.69, 9.17) is 5.11 Å². The van der Waals surface area contributed by atoms with Crippen LogP contribution in [-0.4, -0.2) is 21.1 Å². The lowest BCUT2D eigenvalue weighted by Crippen LogP contribution is -2.24. The smallest absolute Gasteiger partial charge is 0.261 e. The van der Waals surface area contributed by atoms with Crippen LogP contribution in [0.5, 0.6) is 0 Å². The number of para-hydroxylation sites is 1. The zero-order valence-corrected chi connectivity index (χ0v) is 11.0.